The molecule has 0 amide bonds. The minimum atomic E-state index is -0.261. The molecule has 9 aromatic rings. The molecule has 0 bridgehead atoms. The fourth-order valence-corrected chi connectivity index (χ4v) is 6.65. The molecule has 0 aliphatic carbocycles. The topological polar surface area (TPSA) is 13.1 Å². The van der Waals surface area contributed by atoms with Crippen molar-refractivity contribution < 1.29 is 9.90 Å². The average Bonchev–Trinajstić information content (AvgIpc) is 3.50. The molecule has 1 heteroatoms. The molecule has 43 heavy (non-hydrogen) atoms. The Hall–Kier alpha value is -5.66. The predicted molar refractivity (Wildman–Crippen MR) is 183 cm³/mol. The Balaban J connectivity index is 1.32. The van der Waals surface area contributed by atoms with Crippen molar-refractivity contribution in [3.63, 3.8) is 0 Å². The van der Waals surface area contributed by atoms with Gasteiger partial charge in [-0.1, -0.05) is 133 Å². The van der Waals surface area contributed by atoms with Crippen LogP contribution in [0.4, 0.5) is 0 Å². The van der Waals surface area contributed by atoms with Gasteiger partial charge in [-0.15, -0.1) is 0 Å². The Bertz CT molecular complexity index is 2670. The van der Waals surface area contributed by atoms with E-state index in [2.05, 4.69) is 109 Å². The quantitative estimate of drug-likeness (QED) is 0.199. The first-order chi connectivity index (χ1) is 23.0. The summed E-state index contributed by atoms with van der Waals surface area (Å²) in [5.74, 6) is 0. The van der Waals surface area contributed by atoms with Gasteiger partial charge in [0.25, 0.3) is 0 Å². The maximum Gasteiger partial charge on any atom is 0.143 e. The normalized spacial score (nSPS) is 13.0. The van der Waals surface area contributed by atoms with Crippen molar-refractivity contribution in [3.05, 3.63) is 158 Å². The zero-order chi connectivity index (χ0) is 31.8. The maximum absolute atomic E-state index is 8.64. The van der Waals surface area contributed by atoms with E-state index in [1.807, 2.05) is 18.2 Å². The molecule has 1 heterocycles. The number of hydrogen-bond acceptors (Lipinski definition) is 1. The second kappa shape index (κ2) is 9.44. The summed E-state index contributed by atoms with van der Waals surface area (Å²) in [5.41, 5.74) is 8.06. The first-order valence-electron chi connectivity index (χ1n) is 16.4. The smallest absolute Gasteiger partial charge is 0.143 e. The Labute approximate surface area is 254 Å². The number of rotatable bonds is 3. The second-order valence-electron chi connectivity index (χ2n) is 11.0. The molecular weight excluding hydrogens is 520 g/mol. The molecule has 0 unspecified atom stereocenters. The van der Waals surface area contributed by atoms with Crippen LogP contribution in [0.15, 0.2) is 162 Å². The number of furan rings is 1. The Kier molecular flexibility index (Phi) is 4.45. The van der Waals surface area contributed by atoms with Crippen molar-refractivity contribution in [1.29, 1.82) is 0 Å². The van der Waals surface area contributed by atoms with E-state index in [9.17, 15) is 0 Å². The monoisotopic (exact) mass is 550 g/mol. The van der Waals surface area contributed by atoms with Crippen LogP contribution in [0.25, 0.3) is 87.6 Å². The molecular formula is C42H26O. The molecule has 0 saturated heterocycles. The van der Waals surface area contributed by atoms with Crippen LogP contribution in [0.5, 0.6) is 0 Å². The molecule has 8 aromatic carbocycles. The highest BCUT2D eigenvalue weighted by Gasteiger charge is 2.18. The van der Waals surface area contributed by atoms with Gasteiger partial charge in [0.05, 0.1) is 5.48 Å². The van der Waals surface area contributed by atoms with E-state index in [1.165, 1.54) is 27.5 Å². The summed E-state index contributed by atoms with van der Waals surface area (Å²) >= 11 is 0. The van der Waals surface area contributed by atoms with E-state index in [1.54, 1.807) is 6.07 Å². The lowest BCUT2D eigenvalue weighted by atomic mass is 9.85. The summed E-state index contributed by atoms with van der Waals surface area (Å²) in [6.45, 7) is 0. The third kappa shape index (κ3) is 3.72. The highest BCUT2D eigenvalue weighted by molar-refractivity contribution is 6.23. The van der Waals surface area contributed by atoms with E-state index in [0.717, 1.165) is 38.2 Å². The lowest BCUT2D eigenvalue weighted by molar-refractivity contribution is 0.672. The van der Waals surface area contributed by atoms with Gasteiger partial charge in [0.1, 0.15) is 11.2 Å². The van der Waals surface area contributed by atoms with Crippen LogP contribution < -0.4 is 0 Å². The van der Waals surface area contributed by atoms with Gasteiger partial charge >= 0.3 is 0 Å². The van der Waals surface area contributed by atoms with Gasteiger partial charge in [-0.05, 0) is 84.6 Å². The molecule has 0 aliphatic rings. The summed E-state index contributed by atoms with van der Waals surface area (Å²) in [6.07, 6.45) is 0. The molecule has 0 radical (unpaired) electrons. The van der Waals surface area contributed by atoms with Crippen LogP contribution in [-0.2, 0) is 0 Å². The first-order valence-corrected chi connectivity index (χ1v) is 14.4. The van der Waals surface area contributed by atoms with E-state index in [0.29, 0.717) is 21.9 Å². The molecule has 1 nitrogen and oxygen atoms in total. The van der Waals surface area contributed by atoms with Gasteiger partial charge in [0.2, 0.25) is 0 Å². The largest absolute Gasteiger partial charge is 0.455 e. The molecule has 0 N–H and O–H groups in total. The van der Waals surface area contributed by atoms with Crippen LogP contribution in [0.2, 0.25) is 0 Å². The number of fused-ring (bicyclic) bond motifs is 7. The van der Waals surface area contributed by atoms with E-state index in [4.69, 9.17) is 9.90 Å². The van der Waals surface area contributed by atoms with Gasteiger partial charge in [-0.2, -0.15) is 0 Å². The molecule has 0 fully saturated rings. The van der Waals surface area contributed by atoms with Crippen LogP contribution in [0.3, 0.4) is 0 Å². The van der Waals surface area contributed by atoms with E-state index >= 15 is 0 Å². The second-order valence-corrected chi connectivity index (χ2v) is 11.0. The molecule has 200 valence electrons. The summed E-state index contributed by atoms with van der Waals surface area (Å²) in [7, 11) is 0. The maximum atomic E-state index is 8.64. The van der Waals surface area contributed by atoms with Crippen LogP contribution >= 0.6 is 0 Å². The van der Waals surface area contributed by atoms with E-state index in [-0.39, 0.29) is 24.2 Å². The fourth-order valence-electron chi connectivity index (χ4n) is 6.65. The molecule has 0 spiro atoms. The number of benzene rings is 8. The van der Waals surface area contributed by atoms with Gasteiger partial charge in [0, 0.05) is 16.2 Å². The summed E-state index contributed by atoms with van der Waals surface area (Å²) in [4.78, 5) is 0. The average molecular weight is 551 g/mol. The predicted octanol–water partition coefficient (Wildman–Crippen LogP) is 12.0. The zero-order valence-electron chi connectivity index (χ0n) is 27.1. The zero-order valence-corrected chi connectivity index (χ0v) is 23.1. The van der Waals surface area contributed by atoms with Crippen molar-refractivity contribution in [1.82, 2.24) is 0 Å². The van der Waals surface area contributed by atoms with Crippen molar-refractivity contribution in [2.45, 2.75) is 0 Å². The highest BCUT2D eigenvalue weighted by Crippen LogP contribution is 2.45. The third-order valence-electron chi connectivity index (χ3n) is 8.57. The molecule has 0 aliphatic heterocycles. The Morgan fingerprint density at radius 1 is 0.395 bits per heavy atom. The van der Waals surface area contributed by atoms with Gasteiger partial charge < -0.3 is 4.42 Å². The lowest BCUT2D eigenvalue weighted by Gasteiger charge is -2.18. The first kappa shape index (κ1) is 20.3. The van der Waals surface area contributed by atoms with Crippen molar-refractivity contribution >= 4 is 54.3 Å². The van der Waals surface area contributed by atoms with Crippen molar-refractivity contribution in [2.24, 2.45) is 0 Å². The summed E-state index contributed by atoms with van der Waals surface area (Å²) < 4.78 is 39.8. The fraction of sp³-hybridized carbons (Fsp3) is 0. The van der Waals surface area contributed by atoms with E-state index < -0.39 is 0 Å². The van der Waals surface area contributed by atoms with Gasteiger partial charge in [0.15, 0.2) is 0 Å². The van der Waals surface area contributed by atoms with Crippen LogP contribution in [-0.4, -0.2) is 0 Å². The van der Waals surface area contributed by atoms with Crippen LogP contribution in [0.1, 0.15) is 5.48 Å². The molecule has 0 atom stereocenters. The van der Waals surface area contributed by atoms with Crippen LogP contribution in [0, 0.1) is 0 Å². The van der Waals surface area contributed by atoms with Crippen molar-refractivity contribution in [2.75, 3.05) is 0 Å². The van der Waals surface area contributed by atoms with Crippen molar-refractivity contribution in [3.8, 4) is 33.4 Å². The summed E-state index contributed by atoms with van der Waals surface area (Å²) in [6, 6.07) is 45.7. The van der Waals surface area contributed by atoms with Gasteiger partial charge in [-0.25, -0.2) is 0 Å². The third-order valence-corrected chi connectivity index (χ3v) is 8.57. The lowest BCUT2D eigenvalue weighted by Crippen LogP contribution is -1.91. The summed E-state index contributed by atoms with van der Waals surface area (Å²) in [5, 5.41) is 7.23. The molecule has 1 aromatic heterocycles. The SMILES string of the molecule is [2H]c1c([2H])c([2H])c2c(ccc3c4cc(-c5c6ccccc6c(-c6cccc(-c7ccccc7)c6)c6ccccc56)ccc4oc32)c1[2H]. The van der Waals surface area contributed by atoms with Gasteiger partial charge in [-0.3, -0.25) is 0 Å². The number of hydrogen-bond donors (Lipinski definition) is 0. The Morgan fingerprint density at radius 3 is 1.72 bits per heavy atom. The molecule has 0 saturated carbocycles. The highest BCUT2D eigenvalue weighted by atomic mass is 16.3. The Morgan fingerprint density at radius 2 is 1.00 bits per heavy atom. The standard InChI is InChI=1S/C42H26O/c1-2-11-27(12-3-1)29-14-10-15-30(25-29)40-33-17-6-8-19-35(33)41(36-20-9-7-18-34(36)40)31-22-24-39-38(26-31)37-23-21-28-13-4-5-16-32(28)42(37)43-39/h1-26H/i4D,5D,13D,16D. The molecule has 9 rings (SSSR count). The minimum Gasteiger partial charge on any atom is -0.455 e. The minimum absolute atomic E-state index is 0.0589.